The zero-order valence-electron chi connectivity index (χ0n) is 13.2. The molecule has 0 aliphatic rings. The van der Waals surface area contributed by atoms with Crippen LogP contribution in [0, 0.1) is 0 Å². The lowest BCUT2D eigenvalue weighted by atomic mass is 10.2. The van der Waals surface area contributed by atoms with Crippen LogP contribution in [0.5, 0.6) is 0 Å². The van der Waals surface area contributed by atoms with E-state index in [0.717, 1.165) is 10.2 Å². The van der Waals surface area contributed by atoms with Crippen molar-refractivity contribution < 1.29 is 9.53 Å². The number of hydrogen-bond acceptors (Lipinski definition) is 3. The zero-order chi connectivity index (χ0) is 18.0. The molecule has 0 aliphatic carbocycles. The summed E-state index contributed by atoms with van der Waals surface area (Å²) in [6.45, 7) is 2.03. The lowest BCUT2D eigenvalue weighted by Gasteiger charge is -2.09. The van der Waals surface area contributed by atoms with E-state index in [-0.39, 0.29) is 12.3 Å². The summed E-state index contributed by atoms with van der Waals surface area (Å²) in [5.74, 6) is 0.0525. The zero-order valence-corrected chi connectivity index (χ0v) is 16.3. The number of rotatable bonds is 4. The highest BCUT2D eigenvalue weighted by Gasteiger charge is 2.19. The first-order chi connectivity index (χ1) is 12.0. The first-order valence-corrected chi connectivity index (χ1v) is 9.02. The van der Waals surface area contributed by atoms with Gasteiger partial charge in [-0.15, -0.1) is 0 Å². The summed E-state index contributed by atoms with van der Waals surface area (Å²) in [7, 11) is 0. The van der Waals surface area contributed by atoms with E-state index in [4.69, 9.17) is 27.9 Å². The minimum Gasteiger partial charge on any atom is -0.461 e. The molecule has 0 saturated carbocycles. The molecular formula is C18H13BrCl2N2O2. The third kappa shape index (κ3) is 3.89. The average molecular weight is 440 g/mol. The minimum absolute atomic E-state index is 0.214. The van der Waals surface area contributed by atoms with Crippen LogP contribution in [-0.2, 0) is 4.74 Å². The highest BCUT2D eigenvalue weighted by molar-refractivity contribution is 9.10. The fourth-order valence-corrected chi connectivity index (χ4v) is 3.10. The summed E-state index contributed by atoms with van der Waals surface area (Å²) in [6, 6.07) is 12.8. The van der Waals surface area contributed by atoms with Crippen LogP contribution >= 0.6 is 39.1 Å². The summed E-state index contributed by atoms with van der Waals surface area (Å²) in [4.78, 5) is 16.5. The number of aromatic nitrogens is 2. The first kappa shape index (κ1) is 18.0. The largest absolute Gasteiger partial charge is 0.461 e. The van der Waals surface area contributed by atoms with E-state index in [1.54, 1.807) is 35.9 Å². The van der Waals surface area contributed by atoms with Crippen molar-refractivity contribution in [2.24, 2.45) is 0 Å². The van der Waals surface area contributed by atoms with Crippen molar-refractivity contribution in [3.8, 4) is 17.1 Å². The molecular weight excluding hydrogens is 427 g/mol. The van der Waals surface area contributed by atoms with Crippen LogP contribution < -0.4 is 0 Å². The predicted octanol–water partition coefficient (Wildman–Crippen LogP) is 5.79. The molecule has 3 aromatic rings. The van der Waals surface area contributed by atoms with Crippen LogP contribution in [0.25, 0.3) is 17.1 Å². The maximum atomic E-state index is 12.1. The molecule has 0 spiro atoms. The van der Waals surface area contributed by atoms with Gasteiger partial charge in [0.15, 0.2) is 5.69 Å². The summed E-state index contributed by atoms with van der Waals surface area (Å²) < 4.78 is 7.81. The SMILES string of the molecule is CCOC(=O)c1cn(-c2ccc(Br)cc2)c(-c2ccc(Cl)cc2Cl)n1. The Labute approximate surface area is 163 Å². The van der Waals surface area contributed by atoms with E-state index in [0.29, 0.717) is 21.4 Å². The second-order valence-corrected chi connectivity index (χ2v) is 6.90. The van der Waals surface area contributed by atoms with E-state index in [1.165, 1.54) is 0 Å². The number of carbonyl (C=O) groups is 1. The quantitative estimate of drug-likeness (QED) is 0.483. The maximum absolute atomic E-state index is 12.1. The standard InChI is InChI=1S/C18H13BrCl2N2O2/c1-2-25-18(24)16-10-23(13-6-3-11(19)4-7-13)17(22-16)14-8-5-12(20)9-15(14)21/h3-10H,2H2,1H3. The molecule has 3 rings (SSSR count). The van der Waals surface area contributed by atoms with Gasteiger partial charge < -0.3 is 4.74 Å². The normalized spacial score (nSPS) is 10.7. The van der Waals surface area contributed by atoms with Gasteiger partial charge in [-0.2, -0.15) is 0 Å². The second-order valence-electron chi connectivity index (χ2n) is 5.14. The van der Waals surface area contributed by atoms with Crippen molar-refractivity contribution >= 4 is 45.1 Å². The summed E-state index contributed by atoms with van der Waals surface area (Å²) in [5, 5.41) is 0.980. The molecule has 0 atom stereocenters. The van der Waals surface area contributed by atoms with E-state index < -0.39 is 5.97 Å². The highest BCUT2D eigenvalue weighted by atomic mass is 79.9. The van der Waals surface area contributed by atoms with Gasteiger partial charge in [0.2, 0.25) is 0 Å². The lowest BCUT2D eigenvalue weighted by Crippen LogP contribution is -2.04. The Kier molecular flexibility index (Phi) is 5.47. The Bertz CT molecular complexity index is 923. The van der Waals surface area contributed by atoms with Crippen LogP contribution in [0.2, 0.25) is 10.0 Å². The number of halogens is 3. The molecule has 7 heteroatoms. The van der Waals surface area contributed by atoms with Crippen LogP contribution in [0.15, 0.2) is 53.1 Å². The van der Waals surface area contributed by atoms with E-state index in [2.05, 4.69) is 20.9 Å². The van der Waals surface area contributed by atoms with Crippen LogP contribution in [-0.4, -0.2) is 22.1 Å². The molecule has 0 bridgehead atoms. The first-order valence-electron chi connectivity index (χ1n) is 7.47. The van der Waals surface area contributed by atoms with Gasteiger partial charge in [-0.3, -0.25) is 4.57 Å². The molecule has 0 fully saturated rings. The fourth-order valence-electron chi connectivity index (χ4n) is 2.34. The fraction of sp³-hybridized carbons (Fsp3) is 0.111. The topological polar surface area (TPSA) is 44.1 Å². The van der Waals surface area contributed by atoms with Crippen LogP contribution in [0.3, 0.4) is 0 Å². The van der Waals surface area contributed by atoms with Crippen molar-refractivity contribution in [3.63, 3.8) is 0 Å². The number of nitrogens with zero attached hydrogens (tertiary/aromatic N) is 2. The summed E-state index contributed by atoms with van der Waals surface area (Å²) in [6.07, 6.45) is 1.64. The Hall–Kier alpha value is -1.82. The number of esters is 1. The molecule has 0 amide bonds. The summed E-state index contributed by atoms with van der Waals surface area (Å²) in [5.41, 5.74) is 1.72. The number of imidazole rings is 1. The van der Waals surface area contributed by atoms with E-state index in [1.807, 2.05) is 24.3 Å². The molecule has 0 saturated heterocycles. The van der Waals surface area contributed by atoms with Gasteiger partial charge in [0, 0.05) is 26.9 Å². The molecule has 1 aromatic heterocycles. The van der Waals surface area contributed by atoms with E-state index >= 15 is 0 Å². The van der Waals surface area contributed by atoms with Gasteiger partial charge >= 0.3 is 5.97 Å². The Morgan fingerprint density at radius 3 is 2.56 bits per heavy atom. The molecule has 0 aliphatic heterocycles. The monoisotopic (exact) mass is 438 g/mol. The van der Waals surface area contributed by atoms with E-state index in [9.17, 15) is 4.79 Å². The number of ether oxygens (including phenoxy) is 1. The van der Waals surface area contributed by atoms with Crippen molar-refractivity contribution in [2.45, 2.75) is 6.92 Å². The minimum atomic E-state index is -0.482. The third-order valence-corrected chi connectivity index (χ3v) is 4.54. The third-order valence-electron chi connectivity index (χ3n) is 3.47. The molecule has 128 valence electrons. The van der Waals surface area contributed by atoms with Crippen LogP contribution in [0.1, 0.15) is 17.4 Å². The lowest BCUT2D eigenvalue weighted by molar-refractivity contribution is 0.0520. The average Bonchev–Trinajstić information content (AvgIpc) is 3.01. The van der Waals surface area contributed by atoms with Gasteiger partial charge in [0.05, 0.1) is 11.6 Å². The van der Waals surface area contributed by atoms with Gasteiger partial charge in [-0.05, 0) is 49.4 Å². The molecule has 2 aromatic carbocycles. The number of carbonyl (C=O) groups excluding carboxylic acids is 1. The number of hydrogen-bond donors (Lipinski definition) is 0. The number of benzene rings is 2. The Morgan fingerprint density at radius 2 is 1.92 bits per heavy atom. The highest BCUT2D eigenvalue weighted by Crippen LogP contribution is 2.32. The molecule has 0 radical (unpaired) electrons. The summed E-state index contributed by atoms with van der Waals surface area (Å²) >= 11 is 15.7. The van der Waals surface area contributed by atoms with Crippen LogP contribution in [0.4, 0.5) is 0 Å². The molecule has 4 nitrogen and oxygen atoms in total. The van der Waals surface area contributed by atoms with Gasteiger partial charge in [0.25, 0.3) is 0 Å². The Morgan fingerprint density at radius 1 is 1.20 bits per heavy atom. The Balaban J connectivity index is 2.17. The van der Waals surface area contributed by atoms with Gasteiger partial charge in [0.1, 0.15) is 5.82 Å². The second kappa shape index (κ2) is 7.60. The van der Waals surface area contributed by atoms with Gasteiger partial charge in [-0.25, -0.2) is 9.78 Å². The van der Waals surface area contributed by atoms with Crippen molar-refractivity contribution in [3.05, 3.63) is 68.9 Å². The van der Waals surface area contributed by atoms with Crippen molar-refractivity contribution in [1.29, 1.82) is 0 Å². The van der Waals surface area contributed by atoms with Crippen molar-refractivity contribution in [1.82, 2.24) is 9.55 Å². The maximum Gasteiger partial charge on any atom is 0.358 e. The van der Waals surface area contributed by atoms with Gasteiger partial charge in [-0.1, -0.05) is 39.1 Å². The van der Waals surface area contributed by atoms with Crippen molar-refractivity contribution in [2.75, 3.05) is 6.61 Å². The predicted molar refractivity (Wildman–Crippen MR) is 103 cm³/mol. The molecule has 0 unspecified atom stereocenters. The molecule has 1 heterocycles. The molecule has 0 N–H and O–H groups in total. The smallest absolute Gasteiger partial charge is 0.358 e. The molecule has 25 heavy (non-hydrogen) atoms.